The average Bonchev–Trinajstić information content (AvgIpc) is 2.80. The van der Waals surface area contributed by atoms with Gasteiger partial charge in [0, 0.05) is 5.39 Å². The number of benzene rings is 1. The van der Waals surface area contributed by atoms with E-state index in [0.29, 0.717) is 11.2 Å². The normalized spacial score (nSPS) is 13.7. The Kier molecular flexibility index (Phi) is 4.41. The van der Waals surface area contributed by atoms with Crippen LogP contribution in [0.5, 0.6) is 0 Å². The average molecular weight is 323 g/mol. The summed E-state index contributed by atoms with van der Waals surface area (Å²) in [4.78, 5) is 0. The fraction of sp³-hybridized carbons (Fsp3) is 0.231. The lowest BCUT2D eigenvalue weighted by Gasteiger charge is -2.26. The van der Waals surface area contributed by atoms with E-state index in [4.69, 9.17) is 39.2 Å². The second kappa shape index (κ2) is 5.71. The molecule has 6 heteroatoms. The Morgan fingerprint density at radius 2 is 2.11 bits per heavy atom. The molecule has 2 aromatic rings. The van der Waals surface area contributed by atoms with Crippen molar-refractivity contribution < 1.29 is 8.81 Å². The van der Waals surface area contributed by atoms with Gasteiger partial charge in [-0.05, 0) is 23.3 Å². The summed E-state index contributed by atoms with van der Waals surface area (Å²) in [5.74, 6) is 0. The zero-order valence-corrected chi connectivity index (χ0v) is 12.1. The van der Waals surface area contributed by atoms with Gasteiger partial charge in [0.05, 0.1) is 12.3 Å². The summed E-state index contributed by atoms with van der Waals surface area (Å²) in [5.41, 5.74) is 1.90. The molecular weight excluding hydrogens is 312 g/mol. The summed E-state index contributed by atoms with van der Waals surface area (Å²) in [7, 11) is 0. The molecule has 19 heavy (non-hydrogen) atoms. The number of halogens is 4. The van der Waals surface area contributed by atoms with Crippen LogP contribution in [-0.4, -0.2) is 16.6 Å². The molecule has 0 aliphatic heterocycles. The molecule has 0 radical (unpaired) electrons. The zero-order valence-electron chi connectivity index (χ0n) is 9.80. The van der Waals surface area contributed by atoms with Crippen LogP contribution in [0.2, 0.25) is 0 Å². The van der Waals surface area contributed by atoms with Gasteiger partial charge in [-0.15, -0.1) is 0 Å². The van der Waals surface area contributed by atoms with Crippen LogP contribution in [0.1, 0.15) is 5.56 Å². The summed E-state index contributed by atoms with van der Waals surface area (Å²) in [6, 6.07) is 6.48. The Bertz CT molecular complexity index is 591. The lowest BCUT2D eigenvalue weighted by atomic mass is 10.0. The topological polar surface area (TPSA) is 25.2 Å². The maximum atomic E-state index is 12.5. The number of hydrogen-bond acceptors (Lipinski definition) is 2. The van der Waals surface area contributed by atoms with Crippen molar-refractivity contribution in [3.63, 3.8) is 0 Å². The monoisotopic (exact) mass is 321 g/mol. The van der Waals surface area contributed by atoms with Crippen LogP contribution in [0.15, 0.2) is 41.5 Å². The maximum Gasteiger partial charge on any atom is 0.209 e. The summed E-state index contributed by atoms with van der Waals surface area (Å²) >= 11 is 17.5. The first-order chi connectivity index (χ1) is 8.93. The largest absolute Gasteiger partial charge is 0.464 e. The molecule has 0 aliphatic carbocycles. The standard InChI is InChI=1S/C13H11Cl3FNO/c1-8(12(18-7-17)13(14,15)16)10-3-2-9-4-5-19-11(9)6-10/h2-6,12,18H,1,7H2. The third-order valence-electron chi connectivity index (χ3n) is 2.78. The summed E-state index contributed by atoms with van der Waals surface area (Å²) in [6.45, 7) is 3.06. The summed E-state index contributed by atoms with van der Waals surface area (Å²) in [5, 5.41) is 3.43. The lowest BCUT2D eigenvalue weighted by Crippen LogP contribution is -2.40. The highest BCUT2D eigenvalue weighted by Crippen LogP contribution is 2.37. The van der Waals surface area contributed by atoms with E-state index in [1.165, 1.54) is 0 Å². The molecule has 1 atom stereocenters. The smallest absolute Gasteiger partial charge is 0.209 e. The van der Waals surface area contributed by atoms with Gasteiger partial charge >= 0.3 is 0 Å². The van der Waals surface area contributed by atoms with Crippen LogP contribution in [0.3, 0.4) is 0 Å². The number of rotatable bonds is 4. The fourth-order valence-corrected chi connectivity index (χ4v) is 2.46. The molecule has 0 bridgehead atoms. The molecule has 0 aliphatic rings. The second-order valence-corrected chi connectivity index (χ2v) is 6.38. The number of alkyl halides is 4. The molecule has 0 fully saturated rings. The van der Waals surface area contributed by atoms with Gasteiger partial charge in [-0.25, -0.2) is 4.39 Å². The van der Waals surface area contributed by atoms with Gasteiger partial charge in [0.1, 0.15) is 12.4 Å². The van der Waals surface area contributed by atoms with Crippen LogP contribution in [-0.2, 0) is 0 Å². The van der Waals surface area contributed by atoms with Gasteiger partial charge in [0.15, 0.2) is 0 Å². The number of nitrogens with one attached hydrogen (secondary N) is 1. The van der Waals surface area contributed by atoms with Crippen molar-refractivity contribution >= 4 is 51.3 Å². The molecule has 1 aromatic heterocycles. The van der Waals surface area contributed by atoms with E-state index in [1.807, 2.05) is 18.2 Å². The first-order valence-corrected chi connectivity index (χ1v) is 6.59. The van der Waals surface area contributed by atoms with E-state index in [-0.39, 0.29) is 0 Å². The molecule has 102 valence electrons. The van der Waals surface area contributed by atoms with Crippen molar-refractivity contribution in [1.82, 2.24) is 5.32 Å². The van der Waals surface area contributed by atoms with E-state index in [0.717, 1.165) is 10.9 Å². The van der Waals surface area contributed by atoms with Crippen molar-refractivity contribution in [2.75, 3.05) is 6.80 Å². The first kappa shape index (κ1) is 14.7. The van der Waals surface area contributed by atoms with Gasteiger partial charge in [-0.2, -0.15) is 0 Å². The molecule has 1 N–H and O–H groups in total. The Morgan fingerprint density at radius 1 is 1.37 bits per heavy atom. The third kappa shape index (κ3) is 3.23. The minimum absolute atomic E-state index is 0.482. The summed E-state index contributed by atoms with van der Waals surface area (Å²) in [6.07, 6.45) is 1.59. The number of hydrogen-bond donors (Lipinski definition) is 1. The van der Waals surface area contributed by atoms with Crippen LogP contribution in [0.4, 0.5) is 4.39 Å². The highest BCUT2D eigenvalue weighted by atomic mass is 35.6. The molecule has 0 saturated carbocycles. The molecule has 0 saturated heterocycles. The van der Waals surface area contributed by atoms with E-state index in [9.17, 15) is 4.39 Å². The van der Waals surface area contributed by atoms with Crippen LogP contribution < -0.4 is 5.32 Å². The molecule has 1 unspecified atom stereocenters. The van der Waals surface area contributed by atoms with E-state index < -0.39 is 16.6 Å². The van der Waals surface area contributed by atoms with E-state index in [1.54, 1.807) is 12.3 Å². The maximum absolute atomic E-state index is 12.5. The molecule has 0 spiro atoms. The highest BCUT2D eigenvalue weighted by molar-refractivity contribution is 6.68. The van der Waals surface area contributed by atoms with Gasteiger partial charge in [0.2, 0.25) is 3.79 Å². The van der Waals surface area contributed by atoms with Crippen molar-refractivity contribution in [2.45, 2.75) is 9.83 Å². The second-order valence-electron chi connectivity index (χ2n) is 4.01. The third-order valence-corrected chi connectivity index (χ3v) is 3.44. The molecule has 0 amide bonds. The lowest BCUT2D eigenvalue weighted by molar-refractivity contribution is 0.407. The number of fused-ring (bicyclic) bond motifs is 1. The van der Waals surface area contributed by atoms with Crippen molar-refractivity contribution in [2.24, 2.45) is 0 Å². The van der Waals surface area contributed by atoms with Crippen LogP contribution in [0, 0.1) is 0 Å². The van der Waals surface area contributed by atoms with E-state index in [2.05, 4.69) is 11.9 Å². The van der Waals surface area contributed by atoms with E-state index >= 15 is 0 Å². The first-order valence-electron chi connectivity index (χ1n) is 5.46. The molecule has 1 heterocycles. The SMILES string of the molecule is C=C(c1ccc2ccoc2c1)C(NCF)C(Cl)(Cl)Cl. The number of furan rings is 1. The minimum Gasteiger partial charge on any atom is -0.464 e. The van der Waals surface area contributed by atoms with Crippen LogP contribution in [0.25, 0.3) is 16.5 Å². The van der Waals surface area contributed by atoms with Gasteiger partial charge in [-0.3, -0.25) is 5.32 Å². The van der Waals surface area contributed by atoms with Crippen molar-refractivity contribution in [1.29, 1.82) is 0 Å². The van der Waals surface area contributed by atoms with Gasteiger partial charge in [-0.1, -0.05) is 53.5 Å². The Hall–Kier alpha value is -0.740. The molecule has 2 nitrogen and oxygen atoms in total. The van der Waals surface area contributed by atoms with Gasteiger partial charge in [0.25, 0.3) is 0 Å². The Labute approximate surface area is 125 Å². The van der Waals surface area contributed by atoms with Crippen molar-refractivity contribution in [3.05, 3.63) is 42.7 Å². The zero-order chi connectivity index (χ0) is 14.0. The quantitative estimate of drug-likeness (QED) is 0.652. The molecule has 2 rings (SSSR count). The highest BCUT2D eigenvalue weighted by Gasteiger charge is 2.34. The molecule has 1 aromatic carbocycles. The predicted octanol–water partition coefficient (Wildman–Crippen LogP) is 4.70. The fourth-order valence-electron chi connectivity index (χ4n) is 1.83. The Morgan fingerprint density at radius 3 is 2.74 bits per heavy atom. The van der Waals surface area contributed by atoms with Gasteiger partial charge < -0.3 is 4.42 Å². The predicted molar refractivity (Wildman–Crippen MR) is 78.4 cm³/mol. The molecular formula is C13H11Cl3FNO. The minimum atomic E-state index is -1.69. The van der Waals surface area contributed by atoms with Crippen LogP contribution >= 0.6 is 34.8 Å². The summed E-state index contributed by atoms with van der Waals surface area (Å²) < 4.78 is 16.1. The Balaban J connectivity index is 2.35. The van der Waals surface area contributed by atoms with Crippen molar-refractivity contribution in [3.8, 4) is 0 Å².